The highest BCUT2D eigenvalue weighted by atomic mass is 31.3. The molecule has 6 atom stereocenters. The van der Waals surface area contributed by atoms with Crippen molar-refractivity contribution in [3.8, 4) is 0 Å². The van der Waals surface area contributed by atoms with E-state index in [4.69, 9.17) is 25.0 Å². The summed E-state index contributed by atoms with van der Waals surface area (Å²) in [5.74, 6) is -0.836. The average Bonchev–Trinajstić information content (AvgIpc) is 3.75. The van der Waals surface area contributed by atoms with Crippen molar-refractivity contribution in [3.05, 3.63) is 34.9 Å². The number of carbonyl (C=O) groups is 1. The van der Waals surface area contributed by atoms with E-state index in [0.717, 1.165) is 6.33 Å². The normalized spacial score (nSPS) is 21.7. The van der Waals surface area contributed by atoms with Crippen LogP contribution < -0.4 is 11.1 Å². The summed E-state index contributed by atoms with van der Waals surface area (Å²) in [4.78, 5) is 72.2. The van der Waals surface area contributed by atoms with Crippen LogP contribution in [0.4, 0.5) is 17.2 Å². The number of fused-ring (bicyclic) bond motifs is 2. The molecule has 0 amide bonds. The van der Waals surface area contributed by atoms with Gasteiger partial charge in [0.1, 0.15) is 24.1 Å². The summed E-state index contributed by atoms with van der Waals surface area (Å²) in [7, 11) is -17.1. The van der Waals surface area contributed by atoms with Crippen molar-refractivity contribution >= 4 is 68.8 Å². The fourth-order valence-electron chi connectivity index (χ4n) is 4.90. The number of aliphatic hydroxyl groups is 1. The van der Waals surface area contributed by atoms with Crippen LogP contribution in [0.25, 0.3) is 22.2 Å². The maximum absolute atomic E-state index is 12.8. The monoisotopic (exact) mass is 783 g/mol. The number of nitrogens with two attached hydrogens (primary N) is 1. The Labute approximate surface area is 283 Å². The number of nitrogens with zero attached hydrogens (tertiary/aromatic N) is 7. The van der Waals surface area contributed by atoms with Crippen molar-refractivity contribution in [1.82, 2.24) is 29.8 Å². The molecule has 4 heterocycles. The molecule has 3 aromatic heterocycles. The van der Waals surface area contributed by atoms with Gasteiger partial charge in [0.25, 0.3) is 0 Å². The first-order valence-corrected chi connectivity index (χ1v) is 18.8. The zero-order valence-corrected chi connectivity index (χ0v) is 28.2. The number of aliphatic hydroxyl groups excluding tert-OH is 1. The third-order valence-corrected chi connectivity index (χ3v) is 10.8. The third-order valence-electron chi connectivity index (χ3n) is 7.02. The number of unbranched alkanes of at least 4 members (excludes halogenated alkanes) is 2. The van der Waals surface area contributed by atoms with E-state index in [1.165, 1.54) is 23.0 Å². The number of hydrogen-bond acceptors (Lipinski definition) is 20. The number of carbonyl (C=O) groups excluding carboxylic acids is 1. The minimum absolute atomic E-state index is 0.00944. The first kappa shape index (κ1) is 38.2. The molecule has 1 aromatic carbocycles. The van der Waals surface area contributed by atoms with Gasteiger partial charge >= 0.3 is 35.1 Å². The Balaban J connectivity index is 1.20. The number of aromatic nitrogens is 6. The number of hydrogen-bond donors (Lipinski definition) is 7. The molecule has 278 valence electrons. The maximum Gasteiger partial charge on any atom is 0.490 e. The number of non-ortho nitro benzene ring substituents is 1. The fraction of sp³-hybridized carbons (Fsp3) is 0.455. The van der Waals surface area contributed by atoms with Crippen LogP contribution in [0.2, 0.25) is 0 Å². The molecule has 0 aliphatic carbocycles. The molecule has 4 aromatic rings. The van der Waals surface area contributed by atoms with Gasteiger partial charge in [0.15, 0.2) is 29.3 Å². The van der Waals surface area contributed by atoms with E-state index < -0.39 is 65.5 Å². The Morgan fingerprint density at radius 3 is 2.49 bits per heavy atom. The van der Waals surface area contributed by atoms with Gasteiger partial charge in [-0.3, -0.25) is 24.0 Å². The summed E-state index contributed by atoms with van der Waals surface area (Å²) in [6.07, 6.45) is -2.81. The Kier molecular flexibility index (Phi) is 11.5. The van der Waals surface area contributed by atoms with E-state index in [9.17, 15) is 43.5 Å². The second kappa shape index (κ2) is 15.3. The Bertz CT molecular complexity index is 2060. The zero-order chi connectivity index (χ0) is 37.1. The van der Waals surface area contributed by atoms with Crippen molar-refractivity contribution in [2.75, 3.05) is 24.2 Å². The molecule has 1 fully saturated rings. The third kappa shape index (κ3) is 9.45. The van der Waals surface area contributed by atoms with Gasteiger partial charge < -0.3 is 45.2 Å². The molecule has 26 nitrogen and oxygen atoms in total. The number of nitrogen functional groups attached to an aromatic ring is 1. The number of rotatable bonds is 17. The fourth-order valence-corrected chi connectivity index (χ4v) is 7.93. The number of nitrogens with one attached hydrogen (secondary N) is 1. The molecule has 5 rings (SSSR count). The first-order chi connectivity index (χ1) is 23.9. The molecule has 51 heavy (non-hydrogen) atoms. The molecule has 0 radical (unpaired) electrons. The summed E-state index contributed by atoms with van der Waals surface area (Å²) in [6.45, 7) is -0.664. The second-order valence-electron chi connectivity index (χ2n) is 10.6. The van der Waals surface area contributed by atoms with E-state index in [0.29, 0.717) is 31.5 Å². The molecule has 1 aliphatic rings. The Morgan fingerprint density at radius 1 is 1.02 bits per heavy atom. The molecule has 0 bridgehead atoms. The van der Waals surface area contributed by atoms with E-state index in [2.05, 4.69) is 48.4 Å². The number of ether oxygens (including phenoxy) is 2. The number of nitro groups is 1. The van der Waals surface area contributed by atoms with Gasteiger partial charge in [-0.25, -0.2) is 33.3 Å². The van der Waals surface area contributed by atoms with Gasteiger partial charge in [0.05, 0.1) is 23.5 Å². The number of phosphoric ester groups is 1. The van der Waals surface area contributed by atoms with E-state index in [-0.39, 0.29) is 40.1 Å². The molecule has 0 saturated carbocycles. The van der Waals surface area contributed by atoms with Crippen molar-refractivity contribution in [2.45, 2.75) is 50.2 Å². The van der Waals surface area contributed by atoms with E-state index in [1.54, 1.807) is 0 Å². The minimum Gasteiger partial charge on any atom is -0.457 e. The lowest BCUT2D eigenvalue weighted by atomic mass is 10.1. The molecule has 2 unspecified atom stereocenters. The number of anilines is 2. The number of benzene rings is 1. The van der Waals surface area contributed by atoms with Crippen LogP contribution in [-0.4, -0.2) is 96.9 Å². The molecule has 1 saturated heterocycles. The standard InChI is InChI=1S/C22H28N9O17P3/c23-20-17-21(26-9-25-20)30(10-27-17)22-18(33)19(13(44-22)8-43-50(39,40)48-51(41,42)47-49(36,37)38)45-14(32)4-2-1-3-7-24-11-5-6-12(31(34)35)16-15(11)28-46-29-16/h5-6,9-10,13,18-19,22,24,33H,1-4,7-8H2,(H,39,40)(H,41,42)(H2,23,25,26)(H2,36,37,38)/t13-,18-,19-,22-/m1/s1. The number of esters is 1. The number of phosphoric acid groups is 3. The zero-order valence-electron chi connectivity index (χ0n) is 25.5. The topological polar surface area (TPSA) is 379 Å². The van der Waals surface area contributed by atoms with Crippen LogP contribution in [-0.2, 0) is 41.1 Å². The Morgan fingerprint density at radius 2 is 1.76 bits per heavy atom. The SMILES string of the molecule is Nc1ncnc2c1ncn2[C@@H]1O[C@H](COP(=O)(O)OP(=O)(O)OP(=O)(O)O)[C@@H](OC(=O)CCCCCNc2ccc([N+](=O)[O-])c3nonc23)[C@H]1O. The lowest BCUT2D eigenvalue weighted by molar-refractivity contribution is -0.383. The smallest absolute Gasteiger partial charge is 0.457 e. The maximum atomic E-state index is 12.8. The van der Waals surface area contributed by atoms with Crippen LogP contribution in [0.15, 0.2) is 29.4 Å². The number of nitro benzene ring substituents is 1. The predicted molar refractivity (Wildman–Crippen MR) is 165 cm³/mol. The van der Waals surface area contributed by atoms with Gasteiger partial charge in [0, 0.05) is 19.0 Å². The minimum atomic E-state index is -5.84. The van der Waals surface area contributed by atoms with Gasteiger partial charge in [-0.1, -0.05) is 6.42 Å². The largest absolute Gasteiger partial charge is 0.490 e. The van der Waals surface area contributed by atoms with Crippen molar-refractivity contribution < 1.29 is 75.3 Å². The molecule has 1 aliphatic heterocycles. The molecular formula is C22H28N9O17P3. The van der Waals surface area contributed by atoms with Crippen molar-refractivity contribution in [3.63, 3.8) is 0 Å². The van der Waals surface area contributed by atoms with Gasteiger partial charge in [-0.2, -0.15) is 8.62 Å². The van der Waals surface area contributed by atoms with Gasteiger partial charge in [-0.05, 0) is 29.2 Å². The lowest BCUT2D eigenvalue weighted by Crippen LogP contribution is -2.38. The Hall–Kier alpha value is -4.03. The lowest BCUT2D eigenvalue weighted by Gasteiger charge is -2.22. The predicted octanol–water partition coefficient (Wildman–Crippen LogP) is 1.04. The van der Waals surface area contributed by atoms with Crippen LogP contribution in [0.5, 0.6) is 0 Å². The molecule has 29 heteroatoms. The first-order valence-electron chi connectivity index (χ1n) is 14.3. The van der Waals surface area contributed by atoms with E-state index in [1.807, 2.05) is 0 Å². The van der Waals surface area contributed by atoms with Gasteiger partial charge in [0.2, 0.25) is 5.52 Å². The van der Waals surface area contributed by atoms with Crippen molar-refractivity contribution in [1.29, 1.82) is 0 Å². The molecule has 8 N–H and O–H groups in total. The molecular weight excluding hydrogens is 755 g/mol. The summed E-state index contributed by atoms with van der Waals surface area (Å²) >= 11 is 0. The quantitative estimate of drug-likeness (QED) is 0.0258. The van der Waals surface area contributed by atoms with Crippen LogP contribution in [0.1, 0.15) is 31.9 Å². The van der Waals surface area contributed by atoms with Crippen molar-refractivity contribution in [2.24, 2.45) is 0 Å². The highest BCUT2D eigenvalue weighted by Gasteiger charge is 2.49. The van der Waals surface area contributed by atoms with Crippen LogP contribution >= 0.6 is 23.5 Å². The summed E-state index contributed by atoms with van der Waals surface area (Å²) in [6, 6.07) is 2.71. The summed E-state index contributed by atoms with van der Waals surface area (Å²) in [5, 5.41) is 32.7. The summed E-state index contributed by atoms with van der Waals surface area (Å²) < 4.78 is 64.1. The highest BCUT2D eigenvalue weighted by molar-refractivity contribution is 7.66. The van der Waals surface area contributed by atoms with Crippen LogP contribution in [0.3, 0.4) is 0 Å². The van der Waals surface area contributed by atoms with E-state index >= 15 is 0 Å². The van der Waals surface area contributed by atoms with Gasteiger partial charge in [-0.15, -0.1) is 0 Å². The number of imidazole rings is 1. The van der Waals surface area contributed by atoms with Crippen LogP contribution in [0, 0.1) is 10.1 Å². The average molecular weight is 783 g/mol. The second-order valence-corrected chi connectivity index (χ2v) is 15.0. The highest BCUT2D eigenvalue weighted by Crippen LogP contribution is 2.66. The summed E-state index contributed by atoms with van der Waals surface area (Å²) in [5.41, 5.74) is 6.36. The molecule has 0 spiro atoms.